The van der Waals surface area contributed by atoms with Crippen LogP contribution in [0.5, 0.6) is 0 Å². The molecule has 3 rings (SSSR count). The summed E-state index contributed by atoms with van der Waals surface area (Å²) in [5.41, 5.74) is 2.13. The Morgan fingerprint density at radius 3 is 2.90 bits per heavy atom. The van der Waals surface area contributed by atoms with E-state index in [4.69, 9.17) is 0 Å². The van der Waals surface area contributed by atoms with Gasteiger partial charge in [0.2, 0.25) is 0 Å². The lowest BCUT2D eigenvalue weighted by molar-refractivity contribution is 0.317. The highest BCUT2D eigenvalue weighted by molar-refractivity contribution is 7.91. The van der Waals surface area contributed by atoms with Crippen LogP contribution in [0.3, 0.4) is 0 Å². The summed E-state index contributed by atoms with van der Waals surface area (Å²) in [5, 5.41) is 7.93. The molecule has 1 saturated heterocycles. The van der Waals surface area contributed by atoms with Crippen molar-refractivity contribution in [2.45, 2.75) is 50.6 Å². The molecule has 0 spiro atoms. The van der Waals surface area contributed by atoms with Gasteiger partial charge in [0.05, 0.1) is 23.2 Å². The molecule has 2 heterocycles. The van der Waals surface area contributed by atoms with Gasteiger partial charge >= 0.3 is 0 Å². The molecule has 2 aliphatic rings. The number of nitrogens with zero attached hydrogens (tertiary/aromatic N) is 2. The Morgan fingerprint density at radius 2 is 2.25 bits per heavy atom. The van der Waals surface area contributed by atoms with Crippen LogP contribution in [0.25, 0.3) is 0 Å². The highest BCUT2D eigenvalue weighted by Crippen LogP contribution is 2.36. The second-order valence-electron chi connectivity index (χ2n) is 6.38. The number of hydrogen-bond donors (Lipinski definition) is 1. The zero-order valence-electron chi connectivity index (χ0n) is 12.2. The van der Waals surface area contributed by atoms with Gasteiger partial charge in [-0.05, 0) is 39.7 Å². The topological polar surface area (TPSA) is 64.0 Å². The molecule has 1 aromatic rings. The number of aromatic nitrogens is 2. The molecule has 0 radical (unpaired) electrons. The van der Waals surface area contributed by atoms with Gasteiger partial charge in [-0.1, -0.05) is 6.42 Å². The van der Waals surface area contributed by atoms with E-state index in [1.165, 1.54) is 17.7 Å². The number of sulfone groups is 1. The van der Waals surface area contributed by atoms with E-state index in [-0.39, 0.29) is 17.0 Å². The minimum absolute atomic E-state index is 0.221. The summed E-state index contributed by atoms with van der Waals surface area (Å²) in [6.07, 6.45) is 7.11. The van der Waals surface area contributed by atoms with Crippen molar-refractivity contribution in [3.63, 3.8) is 0 Å². The van der Waals surface area contributed by atoms with Crippen molar-refractivity contribution in [2.75, 3.05) is 18.6 Å². The monoisotopic (exact) mass is 297 g/mol. The standard InChI is InChI=1S/C14H23N3O2S/c1-14(7-8-20(18,19)10-14)17-13-6-4-3-5-12(15-2)11(13)9-16-17/h9,12,15H,3-8,10H2,1-2H3. The van der Waals surface area contributed by atoms with Crippen LogP contribution >= 0.6 is 0 Å². The lowest BCUT2D eigenvalue weighted by atomic mass is 10.0. The van der Waals surface area contributed by atoms with E-state index in [1.54, 1.807) is 0 Å². The van der Waals surface area contributed by atoms with Gasteiger partial charge in [-0.3, -0.25) is 4.68 Å². The minimum atomic E-state index is -2.91. The van der Waals surface area contributed by atoms with Gasteiger partial charge in [0.25, 0.3) is 0 Å². The van der Waals surface area contributed by atoms with E-state index in [2.05, 4.69) is 10.4 Å². The summed E-state index contributed by atoms with van der Waals surface area (Å²) in [7, 11) is -0.926. The van der Waals surface area contributed by atoms with Crippen molar-refractivity contribution in [3.8, 4) is 0 Å². The molecular formula is C14H23N3O2S. The molecule has 1 fully saturated rings. The second kappa shape index (κ2) is 4.84. The van der Waals surface area contributed by atoms with Crippen LogP contribution in [0, 0.1) is 0 Å². The van der Waals surface area contributed by atoms with Crippen LogP contribution in [0.2, 0.25) is 0 Å². The Balaban J connectivity index is 2.02. The molecule has 20 heavy (non-hydrogen) atoms. The summed E-state index contributed by atoms with van der Waals surface area (Å²) in [6, 6.07) is 0.350. The van der Waals surface area contributed by atoms with Gasteiger partial charge in [-0.25, -0.2) is 8.42 Å². The zero-order chi connectivity index (χ0) is 14.4. The maximum absolute atomic E-state index is 11.8. The van der Waals surface area contributed by atoms with Gasteiger partial charge in [-0.2, -0.15) is 5.10 Å². The van der Waals surface area contributed by atoms with Crippen molar-refractivity contribution in [2.24, 2.45) is 0 Å². The van der Waals surface area contributed by atoms with E-state index in [9.17, 15) is 8.42 Å². The molecule has 0 amide bonds. The average molecular weight is 297 g/mol. The molecule has 1 N–H and O–H groups in total. The summed E-state index contributed by atoms with van der Waals surface area (Å²) >= 11 is 0. The van der Waals surface area contributed by atoms with Crippen LogP contribution in [-0.2, 0) is 21.8 Å². The molecule has 2 unspecified atom stereocenters. The maximum Gasteiger partial charge on any atom is 0.152 e. The summed E-state index contributed by atoms with van der Waals surface area (Å²) in [5.74, 6) is 0.506. The fraction of sp³-hybridized carbons (Fsp3) is 0.786. The molecule has 0 saturated carbocycles. The van der Waals surface area contributed by atoms with Crippen molar-refractivity contribution in [1.29, 1.82) is 0 Å². The van der Waals surface area contributed by atoms with Crippen LogP contribution in [0.4, 0.5) is 0 Å². The van der Waals surface area contributed by atoms with Crippen LogP contribution in [-0.4, -0.2) is 36.8 Å². The first-order valence-corrected chi connectivity index (χ1v) is 9.22. The zero-order valence-corrected chi connectivity index (χ0v) is 13.0. The molecule has 1 aromatic heterocycles. The Labute approximate surface area is 120 Å². The van der Waals surface area contributed by atoms with Crippen molar-refractivity contribution in [1.82, 2.24) is 15.1 Å². The number of hydrogen-bond acceptors (Lipinski definition) is 4. The average Bonchev–Trinajstić information content (AvgIpc) is 2.86. The molecular weight excluding hydrogens is 274 g/mol. The molecule has 1 aliphatic carbocycles. The predicted octanol–water partition coefficient (Wildman–Crippen LogP) is 1.40. The Kier molecular flexibility index (Phi) is 3.41. The fourth-order valence-corrected chi connectivity index (χ4v) is 5.76. The number of fused-ring (bicyclic) bond motifs is 1. The molecule has 112 valence electrons. The third-order valence-corrected chi connectivity index (χ3v) is 6.66. The molecule has 0 aromatic carbocycles. The van der Waals surface area contributed by atoms with Crippen LogP contribution in [0.15, 0.2) is 6.20 Å². The third-order valence-electron chi connectivity index (χ3n) is 4.78. The normalized spacial score (nSPS) is 32.8. The van der Waals surface area contributed by atoms with Gasteiger partial charge in [0, 0.05) is 17.3 Å². The van der Waals surface area contributed by atoms with Gasteiger partial charge in [-0.15, -0.1) is 0 Å². The largest absolute Gasteiger partial charge is 0.313 e. The molecule has 0 bridgehead atoms. The summed E-state index contributed by atoms with van der Waals surface area (Å²) < 4.78 is 25.7. The van der Waals surface area contributed by atoms with Gasteiger partial charge < -0.3 is 5.32 Å². The van der Waals surface area contributed by atoms with Crippen LogP contribution in [0.1, 0.15) is 49.9 Å². The fourth-order valence-electron chi connectivity index (χ4n) is 3.65. The Hall–Kier alpha value is -0.880. The predicted molar refractivity (Wildman–Crippen MR) is 78.5 cm³/mol. The van der Waals surface area contributed by atoms with Crippen molar-refractivity contribution in [3.05, 3.63) is 17.5 Å². The lowest BCUT2D eigenvalue weighted by Gasteiger charge is -2.26. The van der Waals surface area contributed by atoms with Gasteiger partial charge in [0.15, 0.2) is 9.84 Å². The summed E-state index contributed by atoms with van der Waals surface area (Å²) in [4.78, 5) is 0. The first kappa shape index (κ1) is 14.1. The van der Waals surface area contributed by atoms with E-state index >= 15 is 0 Å². The van der Waals surface area contributed by atoms with Gasteiger partial charge in [0.1, 0.15) is 0 Å². The molecule has 1 aliphatic heterocycles. The molecule has 6 heteroatoms. The SMILES string of the molecule is CNC1CCCCc2c1cnn2C1(C)CCS(=O)(=O)C1. The van der Waals surface area contributed by atoms with Crippen LogP contribution < -0.4 is 5.32 Å². The quantitative estimate of drug-likeness (QED) is 0.838. The Bertz CT molecular complexity index is 608. The van der Waals surface area contributed by atoms with E-state index < -0.39 is 9.84 Å². The smallest absolute Gasteiger partial charge is 0.152 e. The van der Waals surface area contributed by atoms with E-state index in [0.29, 0.717) is 12.5 Å². The first-order chi connectivity index (χ1) is 9.45. The van der Waals surface area contributed by atoms with E-state index in [0.717, 1.165) is 19.3 Å². The minimum Gasteiger partial charge on any atom is -0.313 e. The third kappa shape index (κ3) is 2.29. The molecule has 2 atom stereocenters. The second-order valence-corrected chi connectivity index (χ2v) is 8.57. The summed E-state index contributed by atoms with van der Waals surface area (Å²) in [6.45, 7) is 2.03. The lowest BCUT2D eigenvalue weighted by Crippen LogP contribution is -2.34. The maximum atomic E-state index is 11.8. The van der Waals surface area contributed by atoms with Crippen molar-refractivity contribution < 1.29 is 8.42 Å². The Morgan fingerprint density at radius 1 is 1.45 bits per heavy atom. The molecule has 5 nitrogen and oxygen atoms in total. The number of rotatable bonds is 2. The number of nitrogens with one attached hydrogen (secondary N) is 1. The first-order valence-electron chi connectivity index (χ1n) is 7.40. The van der Waals surface area contributed by atoms with Crippen molar-refractivity contribution >= 4 is 9.84 Å². The highest BCUT2D eigenvalue weighted by atomic mass is 32.2. The van der Waals surface area contributed by atoms with E-state index in [1.807, 2.05) is 24.9 Å². The highest BCUT2D eigenvalue weighted by Gasteiger charge is 2.42.